The van der Waals surface area contributed by atoms with Gasteiger partial charge in [0, 0.05) is 13.1 Å². The first kappa shape index (κ1) is 14.5. The molecule has 3 heteroatoms. The van der Waals surface area contributed by atoms with Crippen LogP contribution in [0.5, 0.6) is 0 Å². The Balaban J connectivity index is 1.84. The predicted molar refractivity (Wildman–Crippen MR) is 77.7 cm³/mol. The Morgan fingerprint density at radius 3 is 2.68 bits per heavy atom. The molecule has 1 heterocycles. The summed E-state index contributed by atoms with van der Waals surface area (Å²) in [7, 11) is 2.18. The van der Waals surface area contributed by atoms with E-state index in [9.17, 15) is 4.39 Å². The van der Waals surface area contributed by atoms with Crippen LogP contribution in [0.25, 0.3) is 0 Å². The van der Waals surface area contributed by atoms with Crippen LogP contribution in [0.15, 0.2) is 18.2 Å². The van der Waals surface area contributed by atoms with E-state index in [2.05, 4.69) is 24.2 Å². The van der Waals surface area contributed by atoms with E-state index in [-0.39, 0.29) is 5.82 Å². The number of nitrogens with one attached hydrogen (secondary N) is 1. The van der Waals surface area contributed by atoms with Gasteiger partial charge in [-0.05, 0) is 68.6 Å². The van der Waals surface area contributed by atoms with Crippen molar-refractivity contribution in [3.8, 4) is 0 Å². The van der Waals surface area contributed by atoms with Crippen molar-refractivity contribution in [1.82, 2.24) is 10.2 Å². The maximum atomic E-state index is 13.2. The molecule has 1 aliphatic rings. The van der Waals surface area contributed by atoms with Gasteiger partial charge in [-0.3, -0.25) is 0 Å². The Bertz CT molecular complexity index is 423. The van der Waals surface area contributed by atoms with Crippen LogP contribution < -0.4 is 5.32 Å². The summed E-state index contributed by atoms with van der Waals surface area (Å²) in [6.07, 6.45) is 2.47. The quantitative estimate of drug-likeness (QED) is 0.899. The van der Waals surface area contributed by atoms with Gasteiger partial charge in [0.05, 0.1) is 0 Å². The molecule has 1 fully saturated rings. The summed E-state index contributed by atoms with van der Waals surface area (Å²) in [4.78, 5) is 2.39. The fourth-order valence-corrected chi connectivity index (χ4v) is 2.66. The summed E-state index contributed by atoms with van der Waals surface area (Å²) >= 11 is 0. The van der Waals surface area contributed by atoms with E-state index in [0.717, 1.165) is 24.2 Å². The van der Waals surface area contributed by atoms with Gasteiger partial charge in [0.15, 0.2) is 0 Å². The number of hydrogen-bond donors (Lipinski definition) is 1. The van der Waals surface area contributed by atoms with Gasteiger partial charge in [-0.2, -0.15) is 0 Å². The summed E-state index contributed by atoms with van der Waals surface area (Å²) in [6, 6.07) is 5.01. The smallest absolute Gasteiger partial charge is 0.123 e. The SMILES string of the molecule is Cc1ccc(F)cc1CNCC1(C)CCN(C)CC1. The highest BCUT2D eigenvalue weighted by Crippen LogP contribution is 2.29. The second-order valence-corrected chi connectivity index (χ2v) is 6.29. The fraction of sp³-hybridized carbons (Fsp3) is 0.625. The third-order valence-electron chi connectivity index (χ3n) is 4.37. The van der Waals surface area contributed by atoms with Crippen molar-refractivity contribution in [3.63, 3.8) is 0 Å². The number of nitrogens with zero attached hydrogens (tertiary/aromatic N) is 1. The van der Waals surface area contributed by atoms with E-state index in [1.165, 1.54) is 32.0 Å². The first-order valence-corrected chi connectivity index (χ1v) is 7.13. The first-order chi connectivity index (χ1) is 8.98. The molecule has 0 saturated carbocycles. The lowest BCUT2D eigenvalue weighted by Gasteiger charge is -2.38. The summed E-state index contributed by atoms with van der Waals surface area (Å²) in [6.45, 7) is 8.51. The molecular weight excluding hydrogens is 239 g/mol. The van der Waals surface area contributed by atoms with Gasteiger partial charge in [0.25, 0.3) is 0 Å². The van der Waals surface area contributed by atoms with Crippen LogP contribution >= 0.6 is 0 Å². The number of halogens is 1. The van der Waals surface area contributed by atoms with E-state index in [0.29, 0.717) is 5.41 Å². The van der Waals surface area contributed by atoms with Crippen molar-refractivity contribution < 1.29 is 4.39 Å². The van der Waals surface area contributed by atoms with Crippen LogP contribution in [-0.4, -0.2) is 31.6 Å². The molecule has 1 aliphatic heterocycles. The minimum atomic E-state index is -0.145. The molecule has 1 aromatic carbocycles. The Kier molecular flexibility index (Phi) is 4.58. The van der Waals surface area contributed by atoms with E-state index in [1.54, 1.807) is 6.07 Å². The van der Waals surface area contributed by atoms with Crippen molar-refractivity contribution in [2.75, 3.05) is 26.7 Å². The maximum absolute atomic E-state index is 13.2. The van der Waals surface area contributed by atoms with Crippen molar-refractivity contribution in [2.24, 2.45) is 5.41 Å². The molecule has 0 amide bonds. The highest BCUT2D eigenvalue weighted by atomic mass is 19.1. The highest BCUT2D eigenvalue weighted by Gasteiger charge is 2.28. The van der Waals surface area contributed by atoms with E-state index in [4.69, 9.17) is 0 Å². The molecule has 0 atom stereocenters. The average molecular weight is 264 g/mol. The zero-order chi connectivity index (χ0) is 13.9. The molecule has 2 nitrogen and oxygen atoms in total. The van der Waals surface area contributed by atoms with Gasteiger partial charge < -0.3 is 10.2 Å². The summed E-state index contributed by atoms with van der Waals surface area (Å²) in [5, 5.41) is 3.51. The number of piperidine rings is 1. The van der Waals surface area contributed by atoms with Crippen molar-refractivity contribution in [1.29, 1.82) is 0 Å². The standard InChI is InChI=1S/C16H25FN2/c1-13-4-5-15(17)10-14(13)11-18-12-16(2)6-8-19(3)9-7-16/h4-5,10,18H,6-9,11-12H2,1-3H3. The van der Waals surface area contributed by atoms with Crippen molar-refractivity contribution in [2.45, 2.75) is 33.2 Å². The molecule has 19 heavy (non-hydrogen) atoms. The number of aryl methyl sites for hydroxylation is 1. The number of benzene rings is 1. The molecule has 1 saturated heterocycles. The molecular formula is C16H25FN2. The Hall–Kier alpha value is -0.930. The van der Waals surface area contributed by atoms with Gasteiger partial charge in [-0.1, -0.05) is 13.0 Å². The molecule has 0 aliphatic carbocycles. The molecule has 0 spiro atoms. The molecule has 0 radical (unpaired) electrons. The van der Waals surface area contributed by atoms with Crippen molar-refractivity contribution in [3.05, 3.63) is 35.1 Å². The van der Waals surface area contributed by atoms with Crippen LogP contribution in [0, 0.1) is 18.2 Å². The van der Waals surface area contributed by atoms with Crippen LogP contribution in [-0.2, 0) is 6.54 Å². The fourth-order valence-electron chi connectivity index (χ4n) is 2.66. The lowest BCUT2D eigenvalue weighted by Crippen LogP contribution is -2.41. The Morgan fingerprint density at radius 1 is 1.32 bits per heavy atom. The molecule has 0 bridgehead atoms. The number of hydrogen-bond acceptors (Lipinski definition) is 2. The molecule has 0 unspecified atom stereocenters. The van der Waals surface area contributed by atoms with Gasteiger partial charge in [0.1, 0.15) is 5.82 Å². The topological polar surface area (TPSA) is 15.3 Å². The minimum Gasteiger partial charge on any atom is -0.312 e. The monoisotopic (exact) mass is 264 g/mol. The highest BCUT2D eigenvalue weighted by molar-refractivity contribution is 5.26. The third kappa shape index (κ3) is 4.02. The predicted octanol–water partition coefficient (Wildman–Crippen LogP) is 2.96. The van der Waals surface area contributed by atoms with Crippen LogP contribution in [0.1, 0.15) is 30.9 Å². The van der Waals surface area contributed by atoms with Gasteiger partial charge in [-0.15, -0.1) is 0 Å². The molecule has 1 aromatic rings. The zero-order valence-electron chi connectivity index (χ0n) is 12.3. The molecule has 106 valence electrons. The van der Waals surface area contributed by atoms with Gasteiger partial charge >= 0.3 is 0 Å². The average Bonchev–Trinajstić information content (AvgIpc) is 2.38. The normalized spacial score (nSPS) is 19.6. The number of likely N-dealkylation sites (tertiary alicyclic amines) is 1. The van der Waals surface area contributed by atoms with Gasteiger partial charge in [0.2, 0.25) is 0 Å². The number of rotatable bonds is 4. The lowest BCUT2D eigenvalue weighted by atomic mass is 9.80. The second kappa shape index (κ2) is 6.02. The van der Waals surface area contributed by atoms with Crippen molar-refractivity contribution >= 4 is 0 Å². The van der Waals surface area contributed by atoms with E-state index < -0.39 is 0 Å². The van der Waals surface area contributed by atoms with Crippen LogP contribution in [0.2, 0.25) is 0 Å². The summed E-state index contributed by atoms with van der Waals surface area (Å²) in [5.41, 5.74) is 2.60. The van der Waals surface area contributed by atoms with Crippen LogP contribution in [0.3, 0.4) is 0 Å². The summed E-state index contributed by atoms with van der Waals surface area (Å²) in [5.74, 6) is -0.145. The largest absolute Gasteiger partial charge is 0.312 e. The zero-order valence-corrected chi connectivity index (χ0v) is 12.3. The van der Waals surface area contributed by atoms with Crippen LogP contribution in [0.4, 0.5) is 4.39 Å². The Labute approximate surface area is 116 Å². The molecule has 2 rings (SSSR count). The second-order valence-electron chi connectivity index (χ2n) is 6.29. The Morgan fingerprint density at radius 2 is 2.00 bits per heavy atom. The van der Waals surface area contributed by atoms with E-state index in [1.807, 2.05) is 13.0 Å². The molecule has 0 aromatic heterocycles. The summed E-state index contributed by atoms with van der Waals surface area (Å²) < 4.78 is 13.2. The minimum absolute atomic E-state index is 0.145. The lowest BCUT2D eigenvalue weighted by molar-refractivity contribution is 0.137. The van der Waals surface area contributed by atoms with Gasteiger partial charge in [-0.25, -0.2) is 4.39 Å². The molecule has 1 N–H and O–H groups in total. The maximum Gasteiger partial charge on any atom is 0.123 e. The third-order valence-corrected chi connectivity index (χ3v) is 4.37. The van der Waals surface area contributed by atoms with E-state index >= 15 is 0 Å². The first-order valence-electron chi connectivity index (χ1n) is 7.13.